The molecule has 0 radical (unpaired) electrons. The van der Waals surface area contributed by atoms with E-state index in [9.17, 15) is 4.79 Å². The number of guanidine groups is 1. The van der Waals surface area contributed by atoms with Crippen LogP contribution in [0, 0.1) is 13.8 Å². The van der Waals surface area contributed by atoms with Gasteiger partial charge in [-0.05, 0) is 53.0 Å². The number of nitrogens with zero attached hydrogens (tertiary/aromatic N) is 3. The van der Waals surface area contributed by atoms with Gasteiger partial charge in [0.2, 0.25) is 0 Å². The quantitative estimate of drug-likeness (QED) is 0.256. The first-order valence-electron chi connectivity index (χ1n) is 10.5. The molecular weight excluding hydrogens is 495 g/mol. The number of carbonyl (C=O) groups excluding carboxylic acids is 1. The minimum absolute atomic E-state index is 0. The first-order valence-corrected chi connectivity index (χ1v) is 10.5. The zero-order chi connectivity index (χ0) is 22.0. The van der Waals surface area contributed by atoms with Crippen LogP contribution < -0.4 is 16.0 Å². The third-order valence-corrected chi connectivity index (χ3v) is 4.69. The molecule has 9 heteroatoms. The topological polar surface area (TPSA) is 92.6 Å². The van der Waals surface area contributed by atoms with Crippen molar-refractivity contribution in [3.8, 4) is 0 Å². The lowest BCUT2D eigenvalue weighted by atomic mass is 10.1. The molecule has 0 aliphatic heterocycles. The highest BCUT2D eigenvalue weighted by molar-refractivity contribution is 14.0. The highest BCUT2D eigenvalue weighted by Gasteiger charge is 2.18. The average molecular weight is 537 g/mol. The van der Waals surface area contributed by atoms with Gasteiger partial charge in [0.15, 0.2) is 5.96 Å². The lowest BCUT2D eigenvalue weighted by Gasteiger charge is -2.24. The number of unbranched alkanes of at least 4 members (excludes halogenated alkanes) is 1. The number of alkyl carbamates (subject to hydrolysis) is 1. The second-order valence-corrected chi connectivity index (χ2v) is 8.39. The van der Waals surface area contributed by atoms with Crippen molar-refractivity contribution in [2.24, 2.45) is 12.0 Å². The first kappa shape index (κ1) is 28.5. The second kappa shape index (κ2) is 13.7. The van der Waals surface area contributed by atoms with Gasteiger partial charge in [-0.1, -0.05) is 19.8 Å². The Bertz CT molecular complexity index is 682. The van der Waals surface area contributed by atoms with Crippen LogP contribution in [0.3, 0.4) is 0 Å². The lowest BCUT2D eigenvalue weighted by molar-refractivity contribution is 0.0523. The number of rotatable bonds is 9. The molecule has 0 fully saturated rings. The molecule has 1 rings (SSSR count). The first-order chi connectivity index (χ1) is 13.6. The number of aromatic nitrogens is 2. The van der Waals surface area contributed by atoms with Gasteiger partial charge < -0.3 is 20.7 Å². The van der Waals surface area contributed by atoms with Crippen molar-refractivity contribution in [2.75, 3.05) is 20.1 Å². The SMILES string of the molecule is CCCCC(CNC(=O)OC(C)(C)C)NC(=NC)NCCc1c(C)nn(C)c1C.I. The van der Waals surface area contributed by atoms with E-state index in [1.807, 2.05) is 39.4 Å². The van der Waals surface area contributed by atoms with Gasteiger partial charge in [0.05, 0.1) is 5.69 Å². The third-order valence-electron chi connectivity index (χ3n) is 4.69. The lowest BCUT2D eigenvalue weighted by Crippen LogP contribution is -2.49. The van der Waals surface area contributed by atoms with Crippen LogP contribution in [0.4, 0.5) is 4.79 Å². The molecule has 1 atom stereocenters. The van der Waals surface area contributed by atoms with E-state index in [2.05, 4.69) is 39.9 Å². The number of aryl methyl sites for hydroxylation is 2. The van der Waals surface area contributed by atoms with E-state index in [0.717, 1.165) is 43.9 Å². The summed E-state index contributed by atoms with van der Waals surface area (Å²) in [6.07, 6.45) is 3.58. The molecule has 1 amide bonds. The highest BCUT2D eigenvalue weighted by Crippen LogP contribution is 2.12. The van der Waals surface area contributed by atoms with Gasteiger partial charge in [-0.2, -0.15) is 5.10 Å². The molecule has 0 aliphatic rings. The van der Waals surface area contributed by atoms with Crippen LogP contribution in [0.25, 0.3) is 0 Å². The van der Waals surface area contributed by atoms with Crippen LogP contribution in [-0.4, -0.2) is 53.6 Å². The molecular formula is C21H41IN6O2. The maximum absolute atomic E-state index is 12.0. The van der Waals surface area contributed by atoms with Crippen LogP contribution in [0.1, 0.15) is 63.9 Å². The Labute approximate surface area is 199 Å². The van der Waals surface area contributed by atoms with Gasteiger partial charge in [-0.3, -0.25) is 9.67 Å². The molecule has 30 heavy (non-hydrogen) atoms. The maximum atomic E-state index is 12.0. The van der Waals surface area contributed by atoms with E-state index in [1.165, 1.54) is 11.3 Å². The number of hydrogen-bond donors (Lipinski definition) is 3. The largest absolute Gasteiger partial charge is 0.444 e. The Morgan fingerprint density at radius 1 is 1.27 bits per heavy atom. The van der Waals surface area contributed by atoms with Gasteiger partial charge in [0, 0.05) is 38.9 Å². The molecule has 8 nitrogen and oxygen atoms in total. The fraction of sp³-hybridized carbons (Fsp3) is 0.762. The molecule has 1 aromatic rings. The Balaban J connectivity index is 0.00000841. The zero-order valence-electron chi connectivity index (χ0n) is 19.9. The van der Waals surface area contributed by atoms with Crippen molar-refractivity contribution >= 4 is 36.0 Å². The van der Waals surface area contributed by atoms with E-state index in [4.69, 9.17) is 4.74 Å². The molecule has 0 saturated carbocycles. The van der Waals surface area contributed by atoms with Crippen molar-refractivity contribution in [3.05, 3.63) is 17.0 Å². The summed E-state index contributed by atoms with van der Waals surface area (Å²) in [6, 6.07) is 0.0792. The molecule has 0 spiro atoms. The third kappa shape index (κ3) is 10.5. The van der Waals surface area contributed by atoms with Gasteiger partial charge in [-0.25, -0.2) is 4.79 Å². The van der Waals surface area contributed by atoms with Gasteiger partial charge in [0.25, 0.3) is 0 Å². The molecule has 1 heterocycles. The summed E-state index contributed by atoms with van der Waals surface area (Å²) in [5.74, 6) is 0.733. The fourth-order valence-electron chi connectivity index (χ4n) is 3.07. The van der Waals surface area contributed by atoms with E-state index in [1.54, 1.807) is 7.05 Å². The Kier molecular flexibility index (Phi) is 13.0. The Hall–Kier alpha value is -1.52. The molecule has 0 bridgehead atoms. The number of ether oxygens (including phenoxy) is 1. The van der Waals surface area contributed by atoms with E-state index in [-0.39, 0.29) is 30.0 Å². The number of aliphatic imine (C=N–C) groups is 1. The van der Waals surface area contributed by atoms with E-state index < -0.39 is 11.7 Å². The summed E-state index contributed by atoms with van der Waals surface area (Å²) in [6.45, 7) is 13.1. The Morgan fingerprint density at radius 3 is 2.43 bits per heavy atom. The van der Waals surface area contributed by atoms with Crippen molar-refractivity contribution in [1.29, 1.82) is 0 Å². The molecule has 3 N–H and O–H groups in total. The summed E-state index contributed by atoms with van der Waals surface area (Å²) in [7, 11) is 3.73. The van der Waals surface area contributed by atoms with Crippen molar-refractivity contribution in [3.63, 3.8) is 0 Å². The molecule has 0 aliphatic carbocycles. The number of hydrogen-bond acceptors (Lipinski definition) is 4. The van der Waals surface area contributed by atoms with E-state index in [0.29, 0.717) is 6.54 Å². The average Bonchev–Trinajstić information content (AvgIpc) is 2.87. The number of amides is 1. The summed E-state index contributed by atoms with van der Waals surface area (Å²) >= 11 is 0. The zero-order valence-corrected chi connectivity index (χ0v) is 22.2. The van der Waals surface area contributed by atoms with Crippen LogP contribution >= 0.6 is 24.0 Å². The minimum Gasteiger partial charge on any atom is -0.444 e. The van der Waals surface area contributed by atoms with Gasteiger partial charge in [-0.15, -0.1) is 24.0 Å². The van der Waals surface area contributed by atoms with Gasteiger partial charge >= 0.3 is 6.09 Å². The minimum atomic E-state index is -0.503. The van der Waals surface area contributed by atoms with E-state index >= 15 is 0 Å². The number of carbonyl (C=O) groups is 1. The van der Waals surface area contributed by atoms with Crippen LogP contribution in [0.15, 0.2) is 4.99 Å². The standard InChI is InChI=1S/C21H40N6O2.HI/c1-9-10-11-17(14-24-20(28)29-21(4,5)6)25-19(22-7)23-13-12-18-15(2)26-27(8)16(18)3;/h17H,9-14H2,1-8H3,(H,24,28)(H2,22,23,25);1H. The van der Waals surface area contributed by atoms with Crippen LogP contribution in [-0.2, 0) is 18.2 Å². The normalized spacial score (nSPS) is 12.7. The fourth-order valence-corrected chi connectivity index (χ4v) is 3.07. The monoisotopic (exact) mass is 536 g/mol. The molecule has 174 valence electrons. The van der Waals surface area contributed by atoms with Crippen LogP contribution in [0.5, 0.6) is 0 Å². The summed E-state index contributed by atoms with van der Waals surface area (Å²) in [4.78, 5) is 16.3. The van der Waals surface area contributed by atoms with Crippen molar-refractivity contribution in [2.45, 2.75) is 78.9 Å². The smallest absolute Gasteiger partial charge is 0.407 e. The summed E-state index contributed by atoms with van der Waals surface area (Å²) in [5.41, 5.74) is 3.02. The Morgan fingerprint density at radius 2 is 1.93 bits per heavy atom. The molecule has 1 aromatic heterocycles. The van der Waals surface area contributed by atoms with Crippen LogP contribution in [0.2, 0.25) is 0 Å². The second-order valence-electron chi connectivity index (χ2n) is 8.39. The van der Waals surface area contributed by atoms with Crippen molar-refractivity contribution in [1.82, 2.24) is 25.7 Å². The number of halogens is 1. The molecule has 0 aromatic carbocycles. The maximum Gasteiger partial charge on any atom is 0.407 e. The van der Waals surface area contributed by atoms with Crippen molar-refractivity contribution < 1.29 is 9.53 Å². The summed E-state index contributed by atoms with van der Waals surface area (Å²) < 4.78 is 7.25. The highest BCUT2D eigenvalue weighted by atomic mass is 127. The number of nitrogens with one attached hydrogen (secondary N) is 3. The summed E-state index contributed by atoms with van der Waals surface area (Å²) in [5, 5.41) is 14.1. The molecule has 1 unspecified atom stereocenters. The predicted molar refractivity (Wildman–Crippen MR) is 134 cm³/mol. The molecule has 0 saturated heterocycles. The van der Waals surface area contributed by atoms with Gasteiger partial charge in [0.1, 0.15) is 5.60 Å². The predicted octanol–water partition coefficient (Wildman–Crippen LogP) is 3.45.